The summed E-state index contributed by atoms with van der Waals surface area (Å²) in [5.41, 5.74) is 0.158. The number of amidine groups is 1. The summed E-state index contributed by atoms with van der Waals surface area (Å²) in [5.74, 6) is 0.0241. The molecule has 0 amide bonds. The van der Waals surface area contributed by atoms with E-state index in [1.54, 1.807) is 54.7 Å². The van der Waals surface area contributed by atoms with Crippen molar-refractivity contribution in [1.82, 2.24) is 4.98 Å². The van der Waals surface area contributed by atoms with Gasteiger partial charge in [0.25, 0.3) is 0 Å². The molecule has 1 aromatic heterocycles. The van der Waals surface area contributed by atoms with Crippen LogP contribution in [-0.4, -0.2) is 30.7 Å². The highest BCUT2D eigenvalue weighted by molar-refractivity contribution is 6.11. The van der Waals surface area contributed by atoms with Gasteiger partial charge in [0, 0.05) is 6.20 Å². The van der Waals surface area contributed by atoms with E-state index in [9.17, 15) is 13.2 Å². The number of benzene rings is 1. The van der Waals surface area contributed by atoms with E-state index in [1.165, 1.54) is 12.0 Å². The first-order chi connectivity index (χ1) is 11.5. The first-order valence-electron chi connectivity index (χ1n) is 7.17. The number of pyridine rings is 1. The Bertz CT molecular complexity index is 771. The third-order valence-corrected chi connectivity index (χ3v) is 3.50. The number of para-hydroxylation sites is 1. The zero-order valence-electron chi connectivity index (χ0n) is 12.8. The van der Waals surface area contributed by atoms with Gasteiger partial charge >= 0.3 is 6.18 Å². The van der Waals surface area contributed by atoms with Crippen LogP contribution in [0.5, 0.6) is 0 Å². The Balaban J connectivity index is 2.17. The summed E-state index contributed by atoms with van der Waals surface area (Å²) >= 11 is 0. The van der Waals surface area contributed by atoms with Gasteiger partial charge in [-0.2, -0.15) is 13.2 Å². The average Bonchev–Trinajstić information content (AvgIpc) is 2.61. The molecule has 1 aliphatic heterocycles. The van der Waals surface area contributed by atoms with Gasteiger partial charge in [-0.1, -0.05) is 24.3 Å². The van der Waals surface area contributed by atoms with Crippen LogP contribution in [0.4, 0.5) is 18.9 Å². The molecule has 3 rings (SSSR count). The summed E-state index contributed by atoms with van der Waals surface area (Å²) in [7, 11) is 1.22. The van der Waals surface area contributed by atoms with Gasteiger partial charge in [0.15, 0.2) is 5.84 Å². The molecule has 0 unspecified atom stereocenters. The first-order valence-corrected chi connectivity index (χ1v) is 7.17. The Morgan fingerprint density at radius 3 is 2.33 bits per heavy atom. The molecule has 0 aliphatic carbocycles. The van der Waals surface area contributed by atoms with Crippen LogP contribution in [0, 0.1) is 0 Å². The van der Waals surface area contributed by atoms with Crippen molar-refractivity contribution in [2.45, 2.75) is 6.18 Å². The van der Waals surface area contributed by atoms with E-state index in [0.29, 0.717) is 17.2 Å². The molecule has 1 aliphatic rings. The summed E-state index contributed by atoms with van der Waals surface area (Å²) in [6, 6.07) is 13.8. The highest BCUT2D eigenvalue weighted by Gasteiger charge is 2.42. The number of ether oxygens (including phenoxy) is 1. The number of nitrogens with zero attached hydrogens (tertiary/aromatic N) is 3. The van der Waals surface area contributed by atoms with Crippen LogP contribution in [0.25, 0.3) is 0 Å². The molecule has 0 bridgehead atoms. The topological polar surface area (TPSA) is 37.7 Å². The van der Waals surface area contributed by atoms with Crippen molar-refractivity contribution in [3.05, 3.63) is 71.9 Å². The van der Waals surface area contributed by atoms with Gasteiger partial charge in [0.2, 0.25) is 5.88 Å². The summed E-state index contributed by atoms with van der Waals surface area (Å²) < 4.78 is 45.2. The summed E-state index contributed by atoms with van der Waals surface area (Å²) in [6.45, 7) is -0.512. The number of hydrogen-bond donors (Lipinski definition) is 0. The van der Waals surface area contributed by atoms with Crippen molar-refractivity contribution in [2.24, 2.45) is 4.99 Å². The fourth-order valence-corrected chi connectivity index (χ4v) is 2.46. The van der Waals surface area contributed by atoms with Gasteiger partial charge in [0.1, 0.15) is 11.3 Å². The number of aromatic nitrogens is 1. The van der Waals surface area contributed by atoms with Gasteiger partial charge in [-0.3, -0.25) is 14.9 Å². The third kappa shape index (κ3) is 2.97. The van der Waals surface area contributed by atoms with E-state index < -0.39 is 18.3 Å². The number of alkyl halides is 3. The van der Waals surface area contributed by atoms with Crippen LogP contribution in [0.15, 0.2) is 71.2 Å². The first kappa shape index (κ1) is 16.0. The molecule has 124 valence electrons. The summed E-state index contributed by atoms with van der Waals surface area (Å²) in [5, 5.41) is 0. The van der Waals surface area contributed by atoms with Gasteiger partial charge < -0.3 is 4.74 Å². The quantitative estimate of drug-likeness (QED) is 0.858. The van der Waals surface area contributed by atoms with Crippen molar-refractivity contribution in [3.8, 4) is 0 Å². The summed E-state index contributed by atoms with van der Waals surface area (Å²) in [6.07, 6.45) is -2.96. The monoisotopic (exact) mass is 333 g/mol. The number of rotatable bonds is 3. The molecule has 7 heteroatoms. The fraction of sp³-hybridized carbons (Fsp3) is 0.176. The number of methoxy groups -OCH3 is 1. The van der Waals surface area contributed by atoms with E-state index in [-0.39, 0.29) is 5.88 Å². The maximum atomic E-state index is 13.3. The molecule has 0 N–H and O–H groups in total. The molecule has 0 radical (unpaired) electrons. The van der Waals surface area contributed by atoms with Gasteiger partial charge in [0.05, 0.1) is 19.3 Å². The zero-order valence-corrected chi connectivity index (χ0v) is 12.8. The number of aliphatic imine (C=N–C) groups is 1. The highest BCUT2D eigenvalue weighted by Crippen LogP contribution is 2.35. The predicted octanol–water partition coefficient (Wildman–Crippen LogP) is 3.77. The van der Waals surface area contributed by atoms with E-state index in [0.717, 1.165) is 0 Å². The lowest BCUT2D eigenvalue weighted by Crippen LogP contribution is -2.39. The standard InChI is InChI=1S/C17H14F3N3O/c1-24-16-13(17(18,19)20)11-22-15(14-9-5-6-10-21-14)23(16)12-7-3-2-4-8-12/h2-10H,11H2,1H3. The number of halogens is 3. The second-order valence-electron chi connectivity index (χ2n) is 5.01. The molecule has 1 aromatic carbocycles. The Morgan fingerprint density at radius 1 is 1.04 bits per heavy atom. The number of anilines is 1. The maximum absolute atomic E-state index is 13.3. The smallest absolute Gasteiger partial charge is 0.419 e. The van der Waals surface area contributed by atoms with Crippen LogP contribution in [0.1, 0.15) is 5.69 Å². The normalized spacial score (nSPS) is 15.3. The minimum Gasteiger partial charge on any atom is -0.482 e. The van der Waals surface area contributed by atoms with Crippen LogP contribution in [-0.2, 0) is 4.74 Å². The molecule has 2 aromatic rings. The SMILES string of the molecule is COC1=C(C(F)(F)F)CN=C(c2ccccn2)N1c1ccccc1. The minimum atomic E-state index is -4.53. The van der Waals surface area contributed by atoms with Crippen molar-refractivity contribution in [2.75, 3.05) is 18.6 Å². The van der Waals surface area contributed by atoms with Crippen molar-refractivity contribution < 1.29 is 17.9 Å². The lowest BCUT2D eigenvalue weighted by atomic mass is 10.1. The molecule has 2 heterocycles. The Hall–Kier alpha value is -2.83. The molecule has 24 heavy (non-hydrogen) atoms. The molecular formula is C17H14F3N3O. The molecule has 0 fully saturated rings. The Kier molecular flexibility index (Phi) is 4.24. The third-order valence-electron chi connectivity index (χ3n) is 3.50. The van der Waals surface area contributed by atoms with E-state index in [1.807, 2.05) is 0 Å². The largest absolute Gasteiger partial charge is 0.482 e. The van der Waals surface area contributed by atoms with Crippen LogP contribution < -0.4 is 4.90 Å². The lowest BCUT2D eigenvalue weighted by molar-refractivity contribution is -0.0957. The molecule has 0 atom stereocenters. The van der Waals surface area contributed by atoms with Crippen molar-refractivity contribution in [3.63, 3.8) is 0 Å². The Morgan fingerprint density at radius 2 is 1.75 bits per heavy atom. The second-order valence-corrected chi connectivity index (χ2v) is 5.01. The van der Waals surface area contributed by atoms with Crippen LogP contribution in [0.2, 0.25) is 0 Å². The van der Waals surface area contributed by atoms with Gasteiger partial charge in [-0.15, -0.1) is 0 Å². The van der Waals surface area contributed by atoms with Gasteiger partial charge in [-0.05, 0) is 24.3 Å². The molecule has 0 saturated heterocycles. The summed E-state index contributed by atoms with van der Waals surface area (Å²) in [4.78, 5) is 9.67. The molecular weight excluding hydrogens is 319 g/mol. The van der Waals surface area contributed by atoms with Crippen LogP contribution >= 0.6 is 0 Å². The fourth-order valence-electron chi connectivity index (χ4n) is 2.46. The molecule has 0 spiro atoms. The maximum Gasteiger partial charge on any atom is 0.419 e. The highest BCUT2D eigenvalue weighted by atomic mass is 19.4. The second kappa shape index (κ2) is 6.35. The molecule has 0 saturated carbocycles. The average molecular weight is 333 g/mol. The Labute approximate surface area is 136 Å². The minimum absolute atomic E-state index is 0.288. The van der Waals surface area contributed by atoms with Crippen LogP contribution in [0.3, 0.4) is 0 Å². The van der Waals surface area contributed by atoms with E-state index >= 15 is 0 Å². The van der Waals surface area contributed by atoms with Crippen molar-refractivity contribution >= 4 is 11.5 Å². The molecule has 4 nitrogen and oxygen atoms in total. The van der Waals surface area contributed by atoms with E-state index in [2.05, 4.69) is 9.98 Å². The number of hydrogen-bond acceptors (Lipinski definition) is 4. The zero-order chi connectivity index (χ0) is 17.2. The lowest BCUT2D eigenvalue weighted by Gasteiger charge is -2.32. The van der Waals surface area contributed by atoms with Crippen molar-refractivity contribution in [1.29, 1.82) is 0 Å². The predicted molar refractivity (Wildman–Crippen MR) is 84.7 cm³/mol. The van der Waals surface area contributed by atoms with E-state index in [4.69, 9.17) is 4.74 Å². The van der Waals surface area contributed by atoms with Gasteiger partial charge in [-0.25, -0.2) is 0 Å².